The Hall–Kier alpha value is -1.71. The predicted octanol–water partition coefficient (Wildman–Crippen LogP) is 1.77. The number of aliphatic hydroxyl groups excluding tert-OH is 1. The van der Waals surface area contributed by atoms with Gasteiger partial charge in [-0.05, 0) is 17.0 Å². The maximum atomic E-state index is 11.7. The minimum atomic E-state index is -4.41. The number of nitrogens with zero attached hydrogens (tertiary/aromatic N) is 1. The molecule has 0 atom stereocenters. The van der Waals surface area contributed by atoms with Crippen molar-refractivity contribution in [3.05, 3.63) is 33.9 Å². The summed E-state index contributed by atoms with van der Waals surface area (Å²) in [5.41, 5.74) is -0.713. The van der Waals surface area contributed by atoms with Gasteiger partial charge in [-0.2, -0.15) is 8.42 Å². The quantitative estimate of drug-likeness (QED) is 0.627. The van der Waals surface area contributed by atoms with Crippen LogP contribution in [0.15, 0.2) is 18.2 Å². The van der Waals surface area contributed by atoms with E-state index in [9.17, 15) is 18.5 Å². The summed E-state index contributed by atoms with van der Waals surface area (Å²) in [6.45, 7) is 4.76. The van der Waals surface area contributed by atoms with Gasteiger partial charge in [-0.25, -0.2) is 4.18 Å². The van der Waals surface area contributed by atoms with Gasteiger partial charge in [-0.1, -0.05) is 26.8 Å². The highest BCUT2D eigenvalue weighted by molar-refractivity contribution is 7.82. The first-order valence-corrected chi connectivity index (χ1v) is 7.34. The average Bonchev–Trinajstić information content (AvgIpc) is 2.35. The minimum absolute atomic E-state index is 0.127. The predicted molar refractivity (Wildman–Crippen MR) is 74.0 cm³/mol. The molecule has 118 valence electrons. The number of aliphatic hydroxyl groups is 1. The van der Waals surface area contributed by atoms with Crippen molar-refractivity contribution in [2.24, 2.45) is 5.41 Å². The molecule has 1 aromatic rings. The molecule has 0 saturated heterocycles. The van der Waals surface area contributed by atoms with Crippen molar-refractivity contribution in [3.8, 4) is 5.75 Å². The fraction of sp³-hybridized carbons (Fsp3) is 0.500. The maximum absolute atomic E-state index is 11.7. The van der Waals surface area contributed by atoms with Crippen LogP contribution in [0.3, 0.4) is 0 Å². The number of hydrogen-bond acceptors (Lipinski definition) is 7. The van der Waals surface area contributed by atoms with Crippen LogP contribution in [0.5, 0.6) is 5.75 Å². The van der Waals surface area contributed by atoms with Gasteiger partial charge in [-0.3, -0.25) is 10.1 Å². The SMILES string of the molecule is CC(C)(C)COS(=O)(=O)Oc1ccc(CO)cc1[N+](=O)[O-]. The minimum Gasteiger partial charge on any atom is -0.392 e. The number of nitro benzene ring substituents is 1. The fourth-order valence-corrected chi connectivity index (χ4v) is 2.16. The van der Waals surface area contributed by atoms with Crippen molar-refractivity contribution in [1.82, 2.24) is 0 Å². The fourth-order valence-electron chi connectivity index (χ4n) is 1.26. The molecule has 0 heterocycles. The van der Waals surface area contributed by atoms with Gasteiger partial charge in [0.25, 0.3) is 0 Å². The third-order valence-corrected chi connectivity index (χ3v) is 3.02. The van der Waals surface area contributed by atoms with E-state index in [4.69, 9.17) is 5.11 Å². The van der Waals surface area contributed by atoms with Gasteiger partial charge in [0.05, 0.1) is 18.1 Å². The number of benzene rings is 1. The summed E-state index contributed by atoms with van der Waals surface area (Å²) in [5, 5.41) is 19.8. The first-order chi connectivity index (χ1) is 9.54. The van der Waals surface area contributed by atoms with Crippen LogP contribution in [-0.2, 0) is 21.2 Å². The molecule has 0 amide bonds. The zero-order chi connectivity index (χ0) is 16.3. The largest absolute Gasteiger partial charge is 0.449 e. The molecular formula is C12H17NO7S. The van der Waals surface area contributed by atoms with Crippen LogP contribution >= 0.6 is 0 Å². The van der Waals surface area contributed by atoms with Gasteiger partial charge in [0.15, 0.2) is 0 Å². The van der Waals surface area contributed by atoms with E-state index < -0.39 is 38.8 Å². The van der Waals surface area contributed by atoms with Crippen molar-refractivity contribution in [2.75, 3.05) is 6.61 Å². The lowest BCUT2D eigenvalue weighted by Gasteiger charge is -2.17. The van der Waals surface area contributed by atoms with Crippen LogP contribution in [0.25, 0.3) is 0 Å². The normalized spacial score (nSPS) is 12.2. The highest BCUT2D eigenvalue weighted by Gasteiger charge is 2.24. The molecule has 21 heavy (non-hydrogen) atoms. The molecule has 9 heteroatoms. The molecule has 0 aliphatic heterocycles. The molecule has 0 spiro atoms. The second kappa shape index (κ2) is 6.37. The van der Waals surface area contributed by atoms with Crippen LogP contribution in [0, 0.1) is 15.5 Å². The van der Waals surface area contributed by atoms with E-state index in [0.29, 0.717) is 0 Å². The second-order valence-electron chi connectivity index (χ2n) is 5.53. The van der Waals surface area contributed by atoms with E-state index in [1.807, 2.05) is 0 Å². The molecule has 1 aromatic carbocycles. The smallest absolute Gasteiger partial charge is 0.392 e. The van der Waals surface area contributed by atoms with Gasteiger partial charge in [-0.15, -0.1) is 0 Å². The summed E-state index contributed by atoms with van der Waals surface area (Å²) in [6, 6.07) is 3.46. The topological polar surface area (TPSA) is 116 Å². The molecule has 0 aliphatic carbocycles. The van der Waals surface area contributed by atoms with E-state index in [1.54, 1.807) is 20.8 Å². The standard InChI is InChI=1S/C12H17NO7S/c1-12(2,3)8-19-21(17,18)20-11-5-4-9(7-14)6-10(11)13(15)16/h4-6,14H,7-8H2,1-3H3. The van der Waals surface area contributed by atoms with Crippen molar-refractivity contribution < 1.29 is 26.8 Å². The van der Waals surface area contributed by atoms with Gasteiger partial charge in [0.1, 0.15) is 0 Å². The lowest BCUT2D eigenvalue weighted by atomic mass is 9.99. The number of rotatable bonds is 6. The Morgan fingerprint density at radius 1 is 1.33 bits per heavy atom. The van der Waals surface area contributed by atoms with Gasteiger partial charge >= 0.3 is 16.1 Å². The van der Waals surface area contributed by atoms with Crippen LogP contribution in [0.4, 0.5) is 5.69 Å². The molecule has 8 nitrogen and oxygen atoms in total. The summed E-state index contributed by atoms with van der Waals surface area (Å²) in [6.07, 6.45) is 0. The highest BCUT2D eigenvalue weighted by atomic mass is 32.3. The molecule has 1 N–H and O–H groups in total. The molecule has 0 bridgehead atoms. The molecule has 0 saturated carbocycles. The van der Waals surface area contributed by atoms with E-state index >= 15 is 0 Å². The van der Waals surface area contributed by atoms with E-state index in [2.05, 4.69) is 8.37 Å². The van der Waals surface area contributed by atoms with E-state index in [-0.39, 0.29) is 12.2 Å². The van der Waals surface area contributed by atoms with Crippen LogP contribution in [-0.4, -0.2) is 25.1 Å². The summed E-state index contributed by atoms with van der Waals surface area (Å²) >= 11 is 0. The first kappa shape index (κ1) is 17.3. The molecule has 0 aliphatic rings. The first-order valence-electron chi connectivity index (χ1n) is 6.01. The van der Waals surface area contributed by atoms with Crippen LogP contribution in [0.2, 0.25) is 0 Å². The molecule has 0 fully saturated rings. The zero-order valence-electron chi connectivity index (χ0n) is 11.9. The Morgan fingerprint density at radius 3 is 2.43 bits per heavy atom. The van der Waals surface area contributed by atoms with Gasteiger partial charge < -0.3 is 9.29 Å². The molecule has 0 radical (unpaired) electrons. The molecule has 0 aromatic heterocycles. The number of hydrogen-bond donors (Lipinski definition) is 1. The van der Waals surface area contributed by atoms with E-state index in [0.717, 1.165) is 12.1 Å². The average molecular weight is 319 g/mol. The Morgan fingerprint density at radius 2 is 1.95 bits per heavy atom. The lowest BCUT2D eigenvalue weighted by molar-refractivity contribution is -0.385. The maximum Gasteiger partial charge on any atom is 0.449 e. The van der Waals surface area contributed by atoms with Crippen LogP contribution < -0.4 is 4.18 Å². The summed E-state index contributed by atoms with van der Waals surface area (Å²) in [5.74, 6) is -0.467. The van der Waals surface area contributed by atoms with Gasteiger partial charge in [0.2, 0.25) is 5.75 Å². The van der Waals surface area contributed by atoms with Crippen LogP contribution in [0.1, 0.15) is 26.3 Å². The Balaban J connectivity index is 2.99. The Kier molecular flexibility index (Phi) is 5.26. The Bertz CT molecular complexity index is 619. The van der Waals surface area contributed by atoms with Crippen molar-refractivity contribution in [1.29, 1.82) is 0 Å². The zero-order valence-corrected chi connectivity index (χ0v) is 12.7. The second-order valence-corrected chi connectivity index (χ2v) is 6.75. The summed E-state index contributed by atoms with van der Waals surface area (Å²) in [4.78, 5) is 10.1. The van der Waals surface area contributed by atoms with Crippen molar-refractivity contribution >= 4 is 16.1 Å². The van der Waals surface area contributed by atoms with Crippen molar-refractivity contribution in [3.63, 3.8) is 0 Å². The molecule has 0 unspecified atom stereocenters. The monoisotopic (exact) mass is 319 g/mol. The molecular weight excluding hydrogens is 302 g/mol. The summed E-state index contributed by atoms with van der Waals surface area (Å²) in [7, 11) is -4.41. The van der Waals surface area contributed by atoms with E-state index in [1.165, 1.54) is 6.07 Å². The summed E-state index contributed by atoms with van der Waals surface area (Å²) < 4.78 is 32.6. The third kappa shape index (κ3) is 5.66. The highest BCUT2D eigenvalue weighted by Crippen LogP contribution is 2.29. The van der Waals surface area contributed by atoms with Gasteiger partial charge in [0, 0.05) is 6.07 Å². The van der Waals surface area contributed by atoms with Crippen molar-refractivity contribution in [2.45, 2.75) is 27.4 Å². The lowest BCUT2D eigenvalue weighted by Crippen LogP contribution is -2.22. The molecule has 1 rings (SSSR count). The number of nitro groups is 1. The third-order valence-electron chi connectivity index (χ3n) is 2.23. The Labute approximate surface area is 122 Å².